The normalized spacial score (nSPS) is 28.8. The summed E-state index contributed by atoms with van der Waals surface area (Å²) >= 11 is 0. The number of hydrogen-bond acceptors (Lipinski definition) is 2. The van der Waals surface area contributed by atoms with Gasteiger partial charge in [0.15, 0.2) is 0 Å². The van der Waals surface area contributed by atoms with Crippen LogP contribution in [-0.2, 0) is 9.59 Å². The van der Waals surface area contributed by atoms with Crippen molar-refractivity contribution in [2.24, 2.45) is 11.8 Å². The summed E-state index contributed by atoms with van der Waals surface area (Å²) in [5, 5.41) is 2.95. The fraction of sp³-hybridized carbons (Fsp3) is 0.875. The van der Waals surface area contributed by atoms with E-state index in [4.69, 9.17) is 0 Å². The third-order valence-corrected chi connectivity index (χ3v) is 4.74. The summed E-state index contributed by atoms with van der Waals surface area (Å²) in [7, 11) is 0. The Morgan fingerprint density at radius 2 is 1.85 bits per heavy atom. The van der Waals surface area contributed by atoms with E-state index in [2.05, 4.69) is 26.1 Å². The summed E-state index contributed by atoms with van der Waals surface area (Å²) in [5.74, 6) is 0.781. The second kappa shape index (κ2) is 6.59. The third kappa shape index (κ3) is 3.15. The highest BCUT2D eigenvalue weighted by atomic mass is 16.2. The molecule has 0 saturated carbocycles. The summed E-state index contributed by atoms with van der Waals surface area (Å²) < 4.78 is 0. The van der Waals surface area contributed by atoms with Gasteiger partial charge in [-0.1, -0.05) is 41.0 Å². The molecule has 2 amide bonds. The van der Waals surface area contributed by atoms with Crippen LogP contribution >= 0.6 is 0 Å². The van der Waals surface area contributed by atoms with Crippen LogP contribution in [0.3, 0.4) is 0 Å². The lowest BCUT2D eigenvalue weighted by molar-refractivity contribution is -0.158. The average Bonchev–Trinajstić information content (AvgIpc) is 2.41. The molecule has 1 aliphatic rings. The Kier molecular flexibility index (Phi) is 5.60. The van der Waals surface area contributed by atoms with E-state index in [-0.39, 0.29) is 23.8 Å². The molecule has 1 aliphatic heterocycles. The minimum absolute atomic E-state index is 0.00587. The number of hydrogen-bond donors (Lipinski definition) is 1. The molecule has 0 bridgehead atoms. The van der Waals surface area contributed by atoms with Crippen LogP contribution in [0.1, 0.15) is 60.8 Å². The van der Waals surface area contributed by atoms with Crippen LogP contribution in [0.4, 0.5) is 0 Å². The summed E-state index contributed by atoms with van der Waals surface area (Å²) in [5.41, 5.74) is -0.698. The first kappa shape index (κ1) is 17.0. The molecule has 4 nitrogen and oxygen atoms in total. The Morgan fingerprint density at radius 3 is 2.30 bits per heavy atom. The smallest absolute Gasteiger partial charge is 0.246 e. The van der Waals surface area contributed by atoms with Gasteiger partial charge in [-0.3, -0.25) is 9.59 Å². The topological polar surface area (TPSA) is 49.4 Å². The molecule has 1 N–H and O–H groups in total. The maximum absolute atomic E-state index is 12.8. The van der Waals surface area contributed by atoms with E-state index < -0.39 is 5.54 Å². The minimum Gasteiger partial charge on any atom is -0.342 e. The molecule has 0 aromatic heterocycles. The molecular formula is C16H30N2O2. The van der Waals surface area contributed by atoms with Crippen LogP contribution in [-0.4, -0.2) is 34.8 Å². The Morgan fingerprint density at radius 1 is 1.25 bits per heavy atom. The van der Waals surface area contributed by atoms with Crippen molar-refractivity contribution in [3.63, 3.8) is 0 Å². The highest BCUT2D eigenvalue weighted by molar-refractivity contribution is 5.99. The first-order valence-electron chi connectivity index (χ1n) is 7.90. The first-order chi connectivity index (χ1) is 9.27. The molecule has 0 radical (unpaired) electrons. The van der Waals surface area contributed by atoms with Crippen molar-refractivity contribution < 1.29 is 9.59 Å². The lowest BCUT2D eigenvalue weighted by atomic mass is 9.86. The predicted molar refractivity (Wildman–Crippen MR) is 81.2 cm³/mol. The summed E-state index contributed by atoms with van der Waals surface area (Å²) in [6.45, 7) is 12.9. The van der Waals surface area contributed by atoms with Gasteiger partial charge in [-0.25, -0.2) is 0 Å². The zero-order valence-electron chi connectivity index (χ0n) is 13.8. The minimum atomic E-state index is -0.698. The summed E-state index contributed by atoms with van der Waals surface area (Å²) in [6.07, 6.45) is 2.47. The summed E-state index contributed by atoms with van der Waals surface area (Å²) in [6, 6.07) is -0.362. The second-order valence-electron chi connectivity index (χ2n) is 6.64. The molecule has 1 saturated heterocycles. The Hall–Kier alpha value is -1.06. The van der Waals surface area contributed by atoms with E-state index in [9.17, 15) is 9.59 Å². The highest BCUT2D eigenvalue weighted by Gasteiger charge is 2.48. The second-order valence-corrected chi connectivity index (χ2v) is 6.64. The Balaban J connectivity index is 3.01. The van der Waals surface area contributed by atoms with Gasteiger partial charge in [-0.15, -0.1) is 0 Å². The highest BCUT2D eigenvalue weighted by Crippen LogP contribution is 2.28. The van der Waals surface area contributed by atoms with E-state index in [1.54, 1.807) is 0 Å². The van der Waals surface area contributed by atoms with E-state index >= 15 is 0 Å². The fourth-order valence-electron chi connectivity index (χ4n) is 2.61. The average molecular weight is 282 g/mol. The molecule has 116 valence electrons. The van der Waals surface area contributed by atoms with Gasteiger partial charge in [0.25, 0.3) is 0 Å². The molecule has 0 aromatic carbocycles. The van der Waals surface area contributed by atoms with E-state index in [0.717, 1.165) is 12.8 Å². The van der Waals surface area contributed by atoms with Crippen LogP contribution < -0.4 is 5.32 Å². The van der Waals surface area contributed by atoms with Gasteiger partial charge in [0.2, 0.25) is 11.8 Å². The SMILES string of the molecule is CCC(C)C1NC(=O)C(C)(CC)N(CCC(C)C)C1=O. The summed E-state index contributed by atoms with van der Waals surface area (Å²) in [4.78, 5) is 27.1. The molecule has 1 rings (SSSR count). The predicted octanol–water partition coefficient (Wildman–Crippen LogP) is 2.57. The zero-order valence-corrected chi connectivity index (χ0v) is 13.8. The number of nitrogens with zero attached hydrogens (tertiary/aromatic N) is 1. The van der Waals surface area contributed by atoms with Gasteiger partial charge < -0.3 is 10.2 Å². The van der Waals surface area contributed by atoms with Gasteiger partial charge in [0, 0.05) is 6.54 Å². The maximum atomic E-state index is 12.8. The number of carbonyl (C=O) groups excluding carboxylic acids is 2. The Bertz CT molecular complexity index is 367. The number of rotatable bonds is 6. The number of carbonyl (C=O) groups is 2. The first-order valence-corrected chi connectivity index (χ1v) is 7.90. The van der Waals surface area contributed by atoms with Crippen LogP contribution in [0, 0.1) is 11.8 Å². The van der Waals surface area contributed by atoms with Crippen molar-refractivity contribution >= 4 is 11.8 Å². The molecule has 0 aliphatic carbocycles. The van der Waals surface area contributed by atoms with Gasteiger partial charge in [-0.2, -0.15) is 0 Å². The molecule has 4 heteroatoms. The fourth-order valence-corrected chi connectivity index (χ4v) is 2.61. The van der Waals surface area contributed by atoms with Gasteiger partial charge >= 0.3 is 0 Å². The van der Waals surface area contributed by atoms with Crippen molar-refractivity contribution in [1.82, 2.24) is 10.2 Å². The van der Waals surface area contributed by atoms with Crippen LogP contribution in [0.15, 0.2) is 0 Å². The van der Waals surface area contributed by atoms with Crippen molar-refractivity contribution in [2.45, 2.75) is 72.4 Å². The van der Waals surface area contributed by atoms with Crippen LogP contribution in [0.5, 0.6) is 0 Å². The molecule has 3 atom stereocenters. The number of piperazine rings is 1. The third-order valence-electron chi connectivity index (χ3n) is 4.74. The van der Waals surface area contributed by atoms with Crippen molar-refractivity contribution in [1.29, 1.82) is 0 Å². The standard InChI is InChI=1S/C16H30N2O2/c1-7-12(5)13-14(19)18(10-9-11(3)4)16(6,8-2)15(20)17-13/h11-13H,7-10H2,1-6H3,(H,17,20). The Labute approximate surface area is 123 Å². The maximum Gasteiger partial charge on any atom is 0.246 e. The van der Waals surface area contributed by atoms with Gasteiger partial charge in [0.05, 0.1) is 0 Å². The van der Waals surface area contributed by atoms with Crippen LogP contribution in [0.2, 0.25) is 0 Å². The number of nitrogens with one attached hydrogen (secondary N) is 1. The lowest BCUT2D eigenvalue weighted by Crippen LogP contribution is -2.70. The largest absolute Gasteiger partial charge is 0.342 e. The van der Waals surface area contributed by atoms with Crippen molar-refractivity contribution in [2.75, 3.05) is 6.54 Å². The monoisotopic (exact) mass is 282 g/mol. The van der Waals surface area contributed by atoms with Gasteiger partial charge in [0.1, 0.15) is 11.6 Å². The van der Waals surface area contributed by atoms with Crippen molar-refractivity contribution in [3.8, 4) is 0 Å². The molecule has 0 aromatic rings. The van der Waals surface area contributed by atoms with Gasteiger partial charge in [-0.05, 0) is 31.6 Å². The molecule has 1 heterocycles. The van der Waals surface area contributed by atoms with E-state index in [1.807, 2.05) is 25.7 Å². The van der Waals surface area contributed by atoms with Crippen molar-refractivity contribution in [3.05, 3.63) is 0 Å². The quantitative estimate of drug-likeness (QED) is 0.814. The van der Waals surface area contributed by atoms with Crippen LogP contribution in [0.25, 0.3) is 0 Å². The molecular weight excluding hydrogens is 252 g/mol. The van der Waals surface area contributed by atoms with E-state index in [1.165, 1.54) is 0 Å². The van der Waals surface area contributed by atoms with E-state index in [0.29, 0.717) is 18.9 Å². The number of amides is 2. The molecule has 3 unspecified atom stereocenters. The molecule has 20 heavy (non-hydrogen) atoms. The molecule has 1 fully saturated rings. The lowest BCUT2D eigenvalue weighted by Gasteiger charge is -2.47. The zero-order chi connectivity index (χ0) is 15.5. The molecule has 0 spiro atoms.